The van der Waals surface area contributed by atoms with Gasteiger partial charge in [0.2, 0.25) is 29.5 Å². The van der Waals surface area contributed by atoms with Crippen molar-refractivity contribution in [2.24, 2.45) is 22.2 Å². The van der Waals surface area contributed by atoms with Crippen molar-refractivity contribution < 1.29 is 24.0 Å². The van der Waals surface area contributed by atoms with Crippen molar-refractivity contribution in [2.75, 3.05) is 19.6 Å². The van der Waals surface area contributed by atoms with Gasteiger partial charge in [0, 0.05) is 13.1 Å². The number of carbonyl (C=O) groups is 5. The van der Waals surface area contributed by atoms with Crippen LogP contribution in [0.4, 0.5) is 0 Å². The number of hydrogen-bond donors (Lipinski definition) is 7. The van der Waals surface area contributed by atoms with Gasteiger partial charge < -0.3 is 43.4 Å². The quantitative estimate of drug-likeness (QED) is 0.0992. The fraction of sp³-hybridized carbons (Fsp3) is 0.739. The van der Waals surface area contributed by atoms with Crippen molar-refractivity contribution >= 4 is 35.5 Å². The minimum absolute atomic E-state index is 0.0802. The number of nitrogens with one attached hydrogen (secondary N) is 4. The van der Waals surface area contributed by atoms with Crippen molar-refractivity contribution in [1.82, 2.24) is 26.2 Å². The molecule has 0 bridgehead atoms. The zero-order valence-electron chi connectivity index (χ0n) is 21.6. The number of hydrogen-bond acceptors (Lipinski definition) is 7. The van der Waals surface area contributed by atoms with Crippen LogP contribution in [0.5, 0.6) is 0 Å². The molecule has 0 saturated carbocycles. The summed E-state index contributed by atoms with van der Waals surface area (Å²) in [5, 5.41) is 10.7. The molecule has 5 atom stereocenters. The third-order valence-corrected chi connectivity index (χ3v) is 6.48. The lowest BCUT2D eigenvalue weighted by Crippen LogP contribution is -2.56. The Bertz CT molecular complexity index is 877. The SMILES string of the molecule is CC1NC(=O)C(CCCCN)NC(=O)C(C)NC(=O)C2CCCN2C(=O)C(CCCN=C(N)N)NC1=O. The molecule has 2 saturated heterocycles. The van der Waals surface area contributed by atoms with Crippen LogP contribution in [0.2, 0.25) is 0 Å². The second-order valence-electron chi connectivity index (χ2n) is 9.51. The van der Waals surface area contributed by atoms with Gasteiger partial charge in [-0.3, -0.25) is 29.0 Å². The zero-order valence-corrected chi connectivity index (χ0v) is 21.6. The van der Waals surface area contributed by atoms with Crippen LogP contribution in [0.15, 0.2) is 4.99 Å². The van der Waals surface area contributed by atoms with Crippen molar-refractivity contribution in [2.45, 2.75) is 89.0 Å². The standard InChI is InChI=1S/C23H41N9O5/c1-13-19(34)31-16(8-5-11-27-23(25)26)22(37)32-12-6-9-17(32)21(36)29-14(2)18(33)30-15(20(35)28-13)7-3-4-10-24/h13-17H,3-12,24H2,1-2H3,(H,28,35)(H,29,36)(H,30,33)(H,31,34)(H4,25,26,27). The molecule has 5 amide bonds. The van der Waals surface area contributed by atoms with Gasteiger partial charge in [0.1, 0.15) is 30.2 Å². The number of rotatable bonds is 8. The number of nitrogens with two attached hydrogens (primary N) is 3. The first-order valence-electron chi connectivity index (χ1n) is 12.8. The Morgan fingerprint density at radius 2 is 1.43 bits per heavy atom. The molecule has 2 heterocycles. The summed E-state index contributed by atoms with van der Waals surface area (Å²) in [5.74, 6) is -2.61. The van der Waals surface area contributed by atoms with Gasteiger partial charge in [-0.05, 0) is 65.3 Å². The van der Waals surface area contributed by atoms with E-state index < -0.39 is 59.7 Å². The van der Waals surface area contributed by atoms with E-state index in [2.05, 4.69) is 26.3 Å². The Morgan fingerprint density at radius 1 is 0.838 bits per heavy atom. The minimum Gasteiger partial charge on any atom is -0.370 e. The maximum atomic E-state index is 13.5. The van der Waals surface area contributed by atoms with Gasteiger partial charge in [0.05, 0.1) is 0 Å². The molecule has 5 unspecified atom stereocenters. The molecule has 0 aromatic heterocycles. The topological polar surface area (TPSA) is 227 Å². The summed E-state index contributed by atoms with van der Waals surface area (Å²) in [4.78, 5) is 70.6. The van der Waals surface area contributed by atoms with Gasteiger partial charge in [0.25, 0.3) is 0 Å². The van der Waals surface area contributed by atoms with Crippen LogP contribution in [-0.4, -0.2) is 90.2 Å². The van der Waals surface area contributed by atoms with Crippen molar-refractivity contribution in [1.29, 1.82) is 0 Å². The lowest BCUT2D eigenvalue weighted by atomic mass is 10.1. The van der Waals surface area contributed by atoms with Crippen LogP contribution in [0.25, 0.3) is 0 Å². The molecular weight excluding hydrogens is 482 g/mol. The number of fused-ring (bicyclic) bond motifs is 1. The molecule has 2 rings (SSSR count). The lowest BCUT2D eigenvalue weighted by Gasteiger charge is -2.29. The van der Waals surface area contributed by atoms with Gasteiger partial charge in [-0.15, -0.1) is 0 Å². The number of aliphatic imine (C=N–C) groups is 1. The second-order valence-corrected chi connectivity index (χ2v) is 9.51. The van der Waals surface area contributed by atoms with Gasteiger partial charge >= 0.3 is 0 Å². The Morgan fingerprint density at radius 3 is 2.05 bits per heavy atom. The molecule has 37 heavy (non-hydrogen) atoms. The first kappa shape index (κ1) is 29.8. The monoisotopic (exact) mass is 523 g/mol. The summed E-state index contributed by atoms with van der Waals surface area (Å²) in [7, 11) is 0. The minimum atomic E-state index is -0.980. The van der Waals surface area contributed by atoms with Gasteiger partial charge in [0.15, 0.2) is 5.96 Å². The highest BCUT2D eigenvalue weighted by Gasteiger charge is 2.39. The third-order valence-electron chi connectivity index (χ3n) is 6.48. The lowest BCUT2D eigenvalue weighted by molar-refractivity contribution is -0.142. The Kier molecular flexibility index (Phi) is 11.6. The number of carbonyl (C=O) groups excluding carboxylic acids is 5. The summed E-state index contributed by atoms with van der Waals surface area (Å²) in [6.07, 6.45) is 3.21. The Balaban J connectivity index is 2.32. The number of nitrogens with zero attached hydrogens (tertiary/aromatic N) is 2. The first-order valence-corrected chi connectivity index (χ1v) is 12.8. The highest BCUT2D eigenvalue weighted by Crippen LogP contribution is 2.20. The summed E-state index contributed by atoms with van der Waals surface area (Å²) in [6.45, 7) is 4.05. The van der Waals surface area contributed by atoms with Crippen LogP contribution < -0.4 is 38.5 Å². The van der Waals surface area contributed by atoms with Crippen LogP contribution in [0.1, 0.15) is 58.8 Å². The largest absolute Gasteiger partial charge is 0.370 e. The molecule has 0 spiro atoms. The van der Waals surface area contributed by atoms with E-state index >= 15 is 0 Å². The summed E-state index contributed by atoms with van der Waals surface area (Å²) >= 11 is 0. The molecular formula is C23H41N9O5. The summed E-state index contributed by atoms with van der Waals surface area (Å²) < 4.78 is 0. The highest BCUT2D eigenvalue weighted by atomic mass is 16.2. The Labute approximate surface area is 216 Å². The molecule has 0 aromatic rings. The predicted molar refractivity (Wildman–Crippen MR) is 137 cm³/mol. The molecule has 0 radical (unpaired) electrons. The summed E-state index contributed by atoms with van der Waals surface area (Å²) in [5.41, 5.74) is 16.3. The van der Waals surface area contributed by atoms with Crippen LogP contribution in [0, 0.1) is 0 Å². The van der Waals surface area contributed by atoms with E-state index in [4.69, 9.17) is 17.2 Å². The third kappa shape index (κ3) is 8.88. The molecule has 14 heteroatoms. The van der Waals surface area contributed by atoms with Crippen molar-refractivity contribution in [3.05, 3.63) is 0 Å². The highest BCUT2D eigenvalue weighted by molar-refractivity contribution is 5.97. The number of guanidine groups is 1. The molecule has 208 valence electrons. The molecule has 2 aliphatic heterocycles. The van der Waals surface area contributed by atoms with E-state index in [0.717, 1.165) is 0 Å². The zero-order chi connectivity index (χ0) is 27.5. The average Bonchev–Trinajstić information content (AvgIpc) is 3.34. The first-order chi connectivity index (χ1) is 17.5. The van der Waals surface area contributed by atoms with Gasteiger partial charge in [-0.2, -0.15) is 0 Å². The molecule has 0 aromatic carbocycles. The maximum Gasteiger partial charge on any atom is 0.245 e. The summed E-state index contributed by atoms with van der Waals surface area (Å²) in [6, 6.07) is -4.56. The van der Waals surface area contributed by atoms with E-state index in [1.165, 1.54) is 18.7 Å². The second kappa shape index (κ2) is 14.4. The van der Waals surface area contributed by atoms with E-state index in [1.807, 2.05) is 0 Å². The van der Waals surface area contributed by atoms with E-state index in [0.29, 0.717) is 51.6 Å². The maximum absolute atomic E-state index is 13.5. The molecule has 2 fully saturated rings. The average molecular weight is 524 g/mol. The van der Waals surface area contributed by atoms with Crippen LogP contribution in [-0.2, 0) is 24.0 Å². The van der Waals surface area contributed by atoms with Crippen LogP contribution in [0.3, 0.4) is 0 Å². The number of unbranched alkanes of at least 4 members (excludes halogenated alkanes) is 1. The van der Waals surface area contributed by atoms with E-state index in [-0.39, 0.29) is 18.9 Å². The smallest absolute Gasteiger partial charge is 0.245 e. The van der Waals surface area contributed by atoms with E-state index in [9.17, 15) is 24.0 Å². The fourth-order valence-electron chi connectivity index (χ4n) is 4.37. The van der Waals surface area contributed by atoms with E-state index in [1.54, 1.807) is 0 Å². The van der Waals surface area contributed by atoms with Gasteiger partial charge in [-0.1, -0.05) is 0 Å². The molecule has 2 aliphatic rings. The van der Waals surface area contributed by atoms with Crippen LogP contribution >= 0.6 is 0 Å². The van der Waals surface area contributed by atoms with Crippen molar-refractivity contribution in [3.8, 4) is 0 Å². The van der Waals surface area contributed by atoms with Crippen molar-refractivity contribution in [3.63, 3.8) is 0 Å². The van der Waals surface area contributed by atoms with Gasteiger partial charge in [-0.25, -0.2) is 0 Å². The number of amides is 5. The molecule has 0 aliphatic carbocycles. The normalized spacial score (nSPS) is 27.7. The molecule has 14 nitrogen and oxygen atoms in total. The predicted octanol–water partition coefficient (Wildman–Crippen LogP) is -2.85. The fourth-order valence-corrected chi connectivity index (χ4v) is 4.37. The Hall–Kier alpha value is -3.42. The molecule has 10 N–H and O–H groups in total.